The largest absolute Gasteiger partial charge is 0.356 e. The van der Waals surface area contributed by atoms with Crippen molar-refractivity contribution in [1.29, 1.82) is 0 Å². The highest BCUT2D eigenvalue weighted by Crippen LogP contribution is 2.19. The topological polar surface area (TPSA) is 85.5 Å². The SMILES string of the molecule is CCN(CC)CCNC(=O)c1ccc(NC(=O)Nc2ccc(Nc3ccccc3)cc2)cc1. The second-order valence-electron chi connectivity index (χ2n) is 7.51. The first-order valence-electron chi connectivity index (χ1n) is 11.2. The summed E-state index contributed by atoms with van der Waals surface area (Å²) in [6.45, 7) is 7.55. The van der Waals surface area contributed by atoms with Crippen molar-refractivity contribution in [3.05, 3.63) is 84.4 Å². The number of amides is 3. The molecule has 0 aliphatic carbocycles. The van der Waals surface area contributed by atoms with Gasteiger partial charge in [-0.05, 0) is 73.8 Å². The maximum absolute atomic E-state index is 12.3. The molecule has 33 heavy (non-hydrogen) atoms. The van der Waals surface area contributed by atoms with Crippen LogP contribution in [-0.4, -0.2) is 43.0 Å². The van der Waals surface area contributed by atoms with Gasteiger partial charge in [0, 0.05) is 41.4 Å². The smallest absolute Gasteiger partial charge is 0.323 e. The molecule has 0 atom stereocenters. The van der Waals surface area contributed by atoms with Crippen molar-refractivity contribution >= 4 is 34.7 Å². The summed E-state index contributed by atoms with van der Waals surface area (Å²) < 4.78 is 0. The highest BCUT2D eigenvalue weighted by Gasteiger charge is 2.08. The molecule has 0 aromatic heterocycles. The summed E-state index contributed by atoms with van der Waals surface area (Å²) in [6, 6.07) is 23.8. The van der Waals surface area contributed by atoms with Gasteiger partial charge >= 0.3 is 6.03 Å². The molecule has 172 valence electrons. The molecule has 0 bridgehead atoms. The van der Waals surface area contributed by atoms with E-state index >= 15 is 0 Å². The summed E-state index contributed by atoms with van der Waals surface area (Å²) in [6.07, 6.45) is 0. The predicted octanol–water partition coefficient (Wildman–Crippen LogP) is 5.15. The van der Waals surface area contributed by atoms with Crippen LogP contribution in [0.15, 0.2) is 78.9 Å². The van der Waals surface area contributed by atoms with E-state index in [2.05, 4.69) is 40.0 Å². The van der Waals surface area contributed by atoms with Gasteiger partial charge in [-0.3, -0.25) is 4.79 Å². The van der Waals surface area contributed by atoms with E-state index in [1.54, 1.807) is 24.3 Å². The van der Waals surface area contributed by atoms with E-state index in [1.165, 1.54) is 0 Å². The molecule has 3 rings (SSSR count). The van der Waals surface area contributed by atoms with Crippen molar-refractivity contribution in [3.8, 4) is 0 Å². The lowest BCUT2D eigenvalue weighted by molar-refractivity contribution is 0.0949. The molecule has 4 N–H and O–H groups in total. The fourth-order valence-electron chi connectivity index (χ4n) is 3.29. The summed E-state index contributed by atoms with van der Waals surface area (Å²) in [4.78, 5) is 26.9. The number of likely N-dealkylation sites (N-methyl/N-ethyl adjacent to an activating group) is 1. The van der Waals surface area contributed by atoms with Crippen LogP contribution in [0.3, 0.4) is 0 Å². The first-order chi connectivity index (χ1) is 16.1. The Kier molecular flexibility index (Phi) is 8.85. The fraction of sp³-hybridized carbons (Fsp3) is 0.231. The minimum Gasteiger partial charge on any atom is -0.356 e. The molecule has 7 nitrogen and oxygen atoms in total. The summed E-state index contributed by atoms with van der Waals surface area (Å²) in [5.74, 6) is -0.123. The molecule has 0 saturated heterocycles. The summed E-state index contributed by atoms with van der Waals surface area (Å²) in [7, 11) is 0. The number of para-hydroxylation sites is 1. The van der Waals surface area contributed by atoms with E-state index in [-0.39, 0.29) is 11.9 Å². The Bertz CT molecular complexity index is 1020. The van der Waals surface area contributed by atoms with Gasteiger partial charge in [-0.15, -0.1) is 0 Å². The maximum Gasteiger partial charge on any atom is 0.323 e. The lowest BCUT2D eigenvalue weighted by Gasteiger charge is -2.18. The lowest BCUT2D eigenvalue weighted by atomic mass is 10.2. The molecular weight excluding hydrogens is 414 g/mol. The van der Waals surface area contributed by atoms with Crippen molar-refractivity contribution in [3.63, 3.8) is 0 Å². The van der Waals surface area contributed by atoms with Gasteiger partial charge in [-0.25, -0.2) is 4.79 Å². The van der Waals surface area contributed by atoms with Gasteiger partial charge in [0.15, 0.2) is 0 Å². The second-order valence-corrected chi connectivity index (χ2v) is 7.51. The van der Waals surface area contributed by atoms with Crippen LogP contribution in [0.5, 0.6) is 0 Å². The molecule has 0 aliphatic rings. The van der Waals surface area contributed by atoms with Crippen LogP contribution >= 0.6 is 0 Å². The van der Waals surface area contributed by atoms with Crippen LogP contribution in [0.25, 0.3) is 0 Å². The van der Waals surface area contributed by atoms with E-state index in [1.807, 2.05) is 54.6 Å². The van der Waals surface area contributed by atoms with Gasteiger partial charge in [0.2, 0.25) is 0 Å². The molecule has 7 heteroatoms. The Morgan fingerprint density at radius 1 is 0.697 bits per heavy atom. The maximum atomic E-state index is 12.3. The number of nitrogens with one attached hydrogen (secondary N) is 4. The molecule has 0 heterocycles. The van der Waals surface area contributed by atoms with Crippen LogP contribution in [-0.2, 0) is 0 Å². The number of anilines is 4. The number of urea groups is 1. The number of hydrogen-bond acceptors (Lipinski definition) is 4. The zero-order valence-electron chi connectivity index (χ0n) is 19.1. The number of rotatable bonds is 10. The molecule has 3 aromatic carbocycles. The third-order valence-corrected chi connectivity index (χ3v) is 5.22. The van der Waals surface area contributed by atoms with Crippen LogP contribution in [0.4, 0.5) is 27.5 Å². The molecule has 0 spiro atoms. The standard InChI is InChI=1S/C26H31N5O2/c1-3-31(4-2)19-18-27-25(32)20-10-12-23(13-11-20)29-26(33)30-24-16-14-22(15-17-24)28-21-8-6-5-7-9-21/h5-17,28H,3-4,18-19H2,1-2H3,(H,27,32)(H2,29,30,33). The van der Waals surface area contributed by atoms with Crippen molar-refractivity contribution < 1.29 is 9.59 Å². The molecule has 0 aliphatic heterocycles. The monoisotopic (exact) mass is 445 g/mol. The van der Waals surface area contributed by atoms with Gasteiger partial charge < -0.3 is 26.2 Å². The Labute approximate surface area is 195 Å². The summed E-state index contributed by atoms with van der Waals surface area (Å²) in [5.41, 5.74) is 3.77. The summed E-state index contributed by atoms with van der Waals surface area (Å²) in [5, 5.41) is 11.8. The number of hydrogen-bond donors (Lipinski definition) is 4. The normalized spacial score (nSPS) is 10.5. The highest BCUT2D eigenvalue weighted by molar-refractivity contribution is 6.00. The van der Waals surface area contributed by atoms with E-state index < -0.39 is 0 Å². The van der Waals surface area contributed by atoms with Gasteiger partial charge in [-0.1, -0.05) is 32.0 Å². The molecule has 0 unspecified atom stereocenters. The van der Waals surface area contributed by atoms with E-state index in [0.29, 0.717) is 23.5 Å². The van der Waals surface area contributed by atoms with Crippen molar-refractivity contribution in [2.75, 3.05) is 42.1 Å². The number of carbonyl (C=O) groups is 2. The summed E-state index contributed by atoms with van der Waals surface area (Å²) >= 11 is 0. The Hall–Kier alpha value is -3.84. The van der Waals surface area contributed by atoms with Gasteiger partial charge in [-0.2, -0.15) is 0 Å². The fourth-order valence-corrected chi connectivity index (χ4v) is 3.29. The quantitative estimate of drug-likeness (QED) is 0.348. The number of benzene rings is 3. The average molecular weight is 446 g/mol. The van der Waals surface area contributed by atoms with E-state index in [4.69, 9.17) is 0 Å². The van der Waals surface area contributed by atoms with Crippen molar-refractivity contribution in [1.82, 2.24) is 10.2 Å². The molecule has 3 amide bonds. The molecule has 3 aromatic rings. The highest BCUT2D eigenvalue weighted by atomic mass is 16.2. The Morgan fingerprint density at radius 2 is 1.21 bits per heavy atom. The van der Waals surface area contributed by atoms with Crippen molar-refractivity contribution in [2.45, 2.75) is 13.8 Å². The van der Waals surface area contributed by atoms with E-state index in [0.717, 1.165) is 31.0 Å². The Balaban J connectivity index is 1.46. The van der Waals surface area contributed by atoms with Crippen LogP contribution in [0.1, 0.15) is 24.2 Å². The molecular formula is C26H31N5O2. The van der Waals surface area contributed by atoms with Crippen LogP contribution < -0.4 is 21.3 Å². The zero-order chi connectivity index (χ0) is 23.5. The molecule has 0 radical (unpaired) electrons. The lowest BCUT2D eigenvalue weighted by Crippen LogP contribution is -2.34. The van der Waals surface area contributed by atoms with Gasteiger partial charge in [0.25, 0.3) is 5.91 Å². The van der Waals surface area contributed by atoms with Crippen LogP contribution in [0.2, 0.25) is 0 Å². The third-order valence-electron chi connectivity index (χ3n) is 5.22. The zero-order valence-corrected chi connectivity index (χ0v) is 19.1. The average Bonchev–Trinajstić information content (AvgIpc) is 2.84. The third kappa shape index (κ3) is 7.66. The Morgan fingerprint density at radius 3 is 1.79 bits per heavy atom. The first-order valence-corrected chi connectivity index (χ1v) is 11.2. The first kappa shape index (κ1) is 23.8. The molecule has 0 saturated carbocycles. The second kappa shape index (κ2) is 12.3. The van der Waals surface area contributed by atoms with Gasteiger partial charge in [0.1, 0.15) is 0 Å². The number of nitrogens with zero attached hydrogens (tertiary/aromatic N) is 1. The van der Waals surface area contributed by atoms with Crippen LogP contribution in [0, 0.1) is 0 Å². The van der Waals surface area contributed by atoms with E-state index in [9.17, 15) is 9.59 Å². The predicted molar refractivity (Wildman–Crippen MR) is 135 cm³/mol. The molecule has 0 fully saturated rings. The minimum atomic E-state index is -0.352. The van der Waals surface area contributed by atoms with Crippen molar-refractivity contribution in [2.24, 2.45) is 0 Å². The van der Waals surface area contributed by atoms with Gasteiger partial charge in [0.05, 0.1) is 0 Å². The number of carbonyl (C=O) groups excluding carboxylic acids is 2. The minimum absolute atomic E-state index is 0.123.